The van der Waals surface area contributed by atoms with Crippen molar-refractivity contribution in [1.29, 1.82) is 0 Å². The summed E-state index contributed by atoms with van der Waals surface area (Å²) in [4.78, 5) is 0.260. The average molecular weight is 382 g/mol. The standard InChI is InChI=1S/C17H22ClN4O2S/c1-5-14(6-2)22(10-8-19-20-22)21-9-7-13-11-15(25(4,23)24)12(3)16(18)17(13)21/h7-11,14H,5-6H2,1-4H3/q+1. The van der Waals surface area contributed by atoms with Gasteiger partial charge in [-0.25, -0.2) is 8.42 Å². The number of nitrogens with zero attached hydrogens (tertiary/aromatic N) is 4. The van der Waals surface area contributed by atoms with Gasteiger partial charge >= 0.3 is 0 Å². The minimum absolute atomic E-state index is 0.188. The third-order valence-corrected chi connectivity index (χ3v) is 6.55. The predicted octanol–water partition coefficient (Wildman–Crippen LogP) is 4.49. The summed E-state index contributed by atoms with van der Waals surface area (Å²) in [6.07, 6.45) is 8.55. The van der Waals surface area contributed by atoms with Crippen molar-refractivity contribution in [3.63, 3.8) is 0 Å². The van der Waals surface area contributed by atoms with Crippen molar-refractivity contribution in [1.82, 2.24) is 9.38 Å². The molecule has 1 atom stereocenters. The fourth-order valence-electron chi connectivity index (χ4n) is 3.55. The van der Waals surface area contributed by atoms with Gasteiger partial charge in [0, 0.05) is 24.5 Å². The lowest BCUT2D eigenvalue weighted by Crippen LogP contribution is -2.54. The molecule has 2 aromatic rings. The fourth-order valence-corrected chi connectivity index (χ4v) is 4.90. The maximum atomic E-state index is 12.1. The summed E-state index contributed by atoms with van der Waals surface area (Å²) in [5.74, 6) is 0. The van der Waals surface area contributed by atoms with Crippen LogP contribution in [0.1, 0.15) is 32.3 Å². The molecule has 1 unspecified atom stereocenters. The molecular weight excluding hydrogens is 360 g/mol. The van der Waals surface area contributed by atoms with E-state index >= 15 is 0 Å². The number of rotatable bonds is 5. The largest absolute Gasteiger partial charge is 0.224 e. The van der Waals surface area contributed by atoms with E-state index in [-0.39, 0.29) is 15.6 Å². The molecule has 0 aliphatic carbocycles. The van der Waals surface area contributed by atoms with Crippen LogP contribution in [0.15, 0.2) is 46.0 Å². The Hall–Kier alpha value is -1.70. The lowest BCUT2D eigenvalue weighted by atomic mass is 10.1. The van der Waals surface area contributed by atoms with Gasteiger partial charge in [0.05, 0.1) is 21.3 Å². The third kappa shape index (κ3) is 2.70. The maximum absolute atomic E-state index is 12.1. The number of benzene rings is 1. The van der Waals surface area contributed by atoms with E-state index in [4.69, 9.17) is 11.6 Å². The van der Waals surface area contributed by atoms with Crippen LogP contribution in [0.5, 0.6) is 0 Å². The van der Waals surface area contributed by atoms with Gasteiger partial charge in [-0.2, -0.15) is 4.68 Å². The summed E-state index contributed by atoms with van der Waals surface area (Å²) in [5, 5.41) is 9.77. The molecule has 8 heteroatoms. The van der Waals surface area contributed by atoms with Crippen molar-refractivity contribution in [2.75, 3.05) is 6.26 Å². The van der Waals surface area contributed by atoms with E-state index in [1.165, 1.54) is 6.26 Å². The van der Waals surface area contributed by atoms with Crippen LogP contribution >= 0.6 is 11.6 Å². The second kappa shape index (κ2) is 6.23. The molecule has 0 saturated carbocycles. The Labute approximate surface area is 152 Å². The number of hydrogen-bond donors (Lipinski definition) is 0. The first-order valence-corrected chi connectivity index (χ1v) is 10.5. The molecular formula is C17H22ClN4O2S+. The molecule has 6 nitrogen and oxygen atoms in total. The molecule has 1 aliphatic rings. The topological polar surface area (TPSA) is 63.8 Å². The second-order valence-electron chi connectivity index (χ2n) is 6.36. The van der Waals surface area contributed by atoms with Gasteiger partial charge in [0.1, 0.15) is 17.8 Å². The van der Waals surface area contributed by atoms with Gasteiger partial charge in [-0.15, -0.1) is 5.11 Å². The van der Waals surface area contributed by atoms with Crippen LogP contribution in [0.2, 0.25) is 5.02 Å². The van der Waals surface area contributed by atoms with Crippen LogP contribution in [0.25, 0.3) is 10.9 Å². The van der Waals surface area contributed by atoms with E-state index in [0.717, 1.165) is 23.7 Å². The maximum Gasteiger partial charge on any atom is 0.175 e. The van der Waals surface area contributed by atoms with Crippen molar-refractivity contribution in [3.8, 4) is 0 Å². The van der Waals surface area contributed by atoms with Crippen LogP contribution < -0.4 is 4.70 Å². The highest BCUT2D eigenvalue weighted by atomic mass is 35.5. The van der Waals surface area contributed by atoms with Crippen LogP contribution in [-0.4, -0.2) is 25.4 Å². The minimum atomic E-state index is -3.35. The summed E-state index contributed by atoms with van der Waals surface area (Å²) >= 11 is 6.62. The molecule has 134 valence electrons. The zero-order chi connectivity index (χ0) is 18.4. The van der Waals surface area contributed by atoms with Gasteiger partial charge in [-0.3, -0.25) is 0 Å². The Morgan fingerprint density at radius 3 is 2.52 bits per heavy atom. The number of hydrogen-bond acceptors (Lipinski definition) is 4. The molecule has 0 spiro atoms. The normalized spacial score (nSPS) is 20.2. The van der Waals surface area contributed by atoms with Crippen molar-refractivity contribution < 1.29 is 8.42 Å². The van der Waals surface area contributed by atoms with Gasteiger partial charge < -0.3 is 0 Å². The summed E-state index contributed by atoms with van der Waals surface area (Å²) in [6.45, 7) is 5.98. The Morgan fingerprint density at radius 1 is 1.32 bits per heavy atom. The molecule has 0 fully saturated rings. The van der Waals surface area contributed by atoms with Crippen molar-refractivity contribution in [2.24, 2.45) is 10.3 Å². The van der Waals surface area contributed by atoms with Crippen LogP contribution in [0.4, 0.5) is 0 Å². The van der Waals surface area contributed by atoms with E-state index in [0.29, 0.717) is 10.6 Å². The smallest absolute Gasteiger partial charge is 0.175 e. The van der Waals surface area contributed by atoms with E-state index < -0.39 is 9.84 Å². The first kappa shape index (κ1) is 18.1. The zero-order valence-electron chi connectivity index (χ0n) is 14.8. The molecule has 1 aromatic carbocycles. The summed E-state index contributed by atoms with van der Waals surface area (Å²) < 4.78 is 26.3. The molecule has 2 heterocycles. The van der Waals surface area contributed by atoms with Crippen LogP contribution in [0.3, 0.4) is 0 Å². The Morgan fingerprint density at radius 2 is 2.00 bits per heavy atom. The zero-order valence-corrected chi connectivity index (χ0v) is 16.3. The minimum Gasteiger partial charge on any atom is -0.224 e. The average Bonchev–Trinajstić information content (AvgIpc) is 3.18. The van der Waals surface area contributed by atoms with Crippen molar-refractivity contribution in [2.45, 2.75) is 44.6 Å². The van der Waals surface area contributed by atoms with E-state index in [1.807, 2.05) is 23.1 Å². The lowest BCUT2D eigenvalue weighted by Gasteiger charge is -2.32. The number of quaternary nitrogens is 1. The van der Waals surface area contributed by atoms with Crippen LogP contribution in [0, 0.1) is 6.92 Å². The highest BCUT2D eigenvalue weighted by Gasteiger charge is 2.41. The van der Waals surface area contributed by atoms with Gasteiger partial charge in [0.25, 0.3) is 0 Å². The number of aromatic nitrogens is 1. The van der Waals surface area contributed by atoms with Gasteiger partial charge in [0.2, 0.25) is 0 Å². The SMILES string of the molecule is CCC(CC)[N+]1(n2ccc3cc(S(C)(=O)=O)c(C)c(Cl)c32)C=CN=N1. The molecule has 25 heavy (non-hydrogen) atoms. The monoisotopic (exact) mass is 381 g/mol. The molecule has 3 rings (SSSR count). The Kier molecular flexibility index (Phi) is 4.51. The predicted molar refractivity (Wildman–Crippen MR) is 101 cm³/mol. The molecule has 0 saturated heterocycles. The van der Waals surface area contributed by atoms with Gasteiger partial charge in [0.15, 0.2) is 16.0 Å². The Bertz CT molecular complexity index is 976. The molecule has 0 N–H and O–H groups in total. The van der Waals surface area contributed by atoms with Crippen molar-refractivity contribution >= 4 is 32.3 Å². The second-order valence-corrected chi connectivity index (χ2v) is 8.72. The fraction of sp³-hybridized carbons (Fsp3) is 0.412. The highest BCUT2D eigenvalue weighted by molar-refractivity contribution is 7.90. The summed E-state index contributed by atoms with van der Waals surface area (Å²) in [5.41, 5.74) is 1.32. The summed E-state index contributed by atoms with van der Waals surface area (Å²) in [6, 6.07) is 3.76. The first-order valence-electron chi connectivity index (χ1n) is 8.25. The number of sulfone groups is 1. The molecule has 1 aliphatic heterocycles. The number of fused-ring (bicyclic) bond motifs is 1. The highest BCUT2D eigenvalue weighted by Crippen LogP contribution is 2.36. The van der Waals surface area contributed by atoms with Gasteiger partial charge in [-0.1, -0.05) is 25.4 Å². The molecule has 1 aromatic heterocycles. The van der Waals surface area contributed by atoms with E-state index in [9.17, 15) is 8.42 Å². The third-order valence-electron chi connectivity index (χ3n) is 4.86. The lowest BCUT2D eigenvalue weighted by molar-refractivity contribution is 0.130. The first-order chi connectivity index (χ1) is 11.8. The molecule has 0 bridgehead atoms. The molecule has 0 radical (unpaired) electrons. The van der Waals surface area contributed by atoms with E-state index in [1.54, 1.807) is 19.2 Å². The summed E-state index contributed by atoms with van der Waals surface area (Å²) in [7, 11) is -3.35. The number of halogens is 1. The van der Waals surface area contributed by atoms with Crippen molar-refractivity contribution in [3.05, 3.63) is 41.3 Å². The van der Waals surface area contributed by atoms with Gasteiger partial charge in [-0.05, 0) is 29.3 Å². The quantitative estimate of drug-likeness (QED) is 0.716. The van der Waals surface area contributed by atoms with Crippen LogP contribution in [-0.2, 0) is 9.84 Å². The van der Waals surface area contributed by atoms with E-state index in [2.05, 4.69) is 24.2 Å². The molecule has 0 amide bonds. The Balaban J connectivity index is 2.34.